The molecule has 0 bridgehead atoms. The highest BCUT2D eigenvalue weighted by atomic mass is 32.2. The highest BCUT2D eigenvalue weighted by Crippen LogP contribution is 2.14. The van der Waals surface area contributed by atoms with Gasteiger partial charge in [0.15, 0.2) is 0 Å². The minimum Gasteiger partial charge on any atom is -0.391 e. The van der Waals surface area contributed by atoms with Crippen LogP contribution < -0.4 is 4.72 Å². The predicted molar refractivity (Wildman–Crippen MR) is 66.7 cm³/mol. The lowest BCUT2D eigenvalue weighted by molar-refractivity contribution is -0.00841. The predicted octanol–water partition coefficient (Wildman–Crippen LogP) is 0.423. The van der Waals surface area contributed by atoms with Gasteiger partial charge < -0.3 is 9.84 Å². The van der Waals surface area contributed by atoms with Crippen molar-refractivity contribution in [2.24, 2.45) is 0 Å². The van der Waals surface area contributed by atoms with Crippen molar-refractivity contribution in [1.29, 1.82) is 0 Å². The molecule has 18 heavy (non-hydrogen) atoms. The Kier molecular flexibility index (Phi) is 4.01. The van der Waals surface area contributed by atoms with E-state index in [1.165, 1.54) is 0 Å². The molecule has 1 heterocycles. The SMILES string of the molecule is Cc1ccc(S(=O)(=O)N[C@@H]2COCC[C@@H]2O)cc1. The van der Waals surface area contributed by atoms with Gasteiger partial charge in [0.2, 0.25) is 10.0 Å². The number of benzene rings is 1. The largest absolute Gasteiger partial charge is 0.391 e. The zero-order chi connectivity index (χ0) is 13.2. The van der Waals surface area contributed by atoms with Crippen LogP contribution in [0.5, 0.6) is 0 Å². The first-order valence-electron chi connectivity index (χ1n) is 5.84. The van der Waals surface area contributed by atoms with Gasteiger partial charge in [-0.05, 0) is 25.5 Å². The summed E-state index contributed by atoms with van der Waals surface area (Å²) in [7, 11) is -3.60. The molecule has 0 aromatic heterocycles. The third-order valence-electron chi connectivity index (χ3n) is 2.96. The molecule has 0 spiro atoms. The van der Waals surface area contributed by atoms with Gasteiger partial charge in [0.25, 0.3) is 0 Å². The monoisotopic (exact) mass is 271 g/mol. The van der Waals surface area contributed by atoms with Gasteiger partial charge >= 0.3 is 0 Å². The first-order chi connectivity index (χ1) is 8.49. The molecule has 5 nitrogen and oxygen atoms in total. The number of hydrogen-bond donors (Lipinski definition) is 2. The second-order valence-corrected chi connectivity index (χ2v) is 6.19. The van der Waals surface area contributed by atoms with Crippen LogP contribution in [0.15, 0.2) is 29.2 Å². The van der Waals surface area contributed by atoms with Crippen LogP contribution in [0.4, 0.5) is 0 Å². The van der Waals surface area contributed by atoms with Crippen molar-refractivity contribution in [3.8, 4) is 0 Å². The number of aliphatic hydroxyl groups is 1. The molecule has 1 aliphatic rings. The summed E-state index contributed by atoms with van der Waals surface area (Å²) in [6, 6.07) is 6.00. The van der Waals surface area contributed by atoms with E-state index < -0.39 is 22.2 Å². The van der Waals surface area contributed by atoms with Crippen molar-refractivity contribution in [1.82, 2.24) is 4.72 Å². The zero-order valence-corrected chi connectivity index (χ0v) is 11.0. The third-order valence-corrected chi connectivity index (χ3v) is 4.46. The maximum absolute atomic E-state index is 12.1. The van der Waals surface area contributed by atoms with Crippen molar-refractivity contribution in [2.75, 3.05) is 13.2 Å². The zero-order valence-electron chi connectivity index (χ0n) is 10.2. The molecule has 6 heteroatoms. The number of aryl methyl sites for hydroxylation is 1. The fourth-order valence-electron chi connectivity index (χ4n) is 1.82. The van der Waals surface area contributed by atoms with Crippen LogP contribution >= 0.6 is 0 Å². The summed E-state index contributed by atoms with van der Waals surface area (Å²) < 4.78 is 31.8. The molecule has 2 N–H and O–H groups in total. The van der Waals surface area contributed by atoms with E-state index in [2.05, 4.69) is 4.72 Å². The fraction of sp³-hybridized carbons (Fsp3) is 0.500. The van der Waals surface area contributed by atoms with Gasteiger partial charge in [-0.15, -0.1) is 0 Å². The Bertz CT molecular complexity index is 497. The summed E-state index contributed by atoms with van der Waals surface area (Å²) in [5.74, 6) is 0. The third kappa shape index (κ3) is 3.08. The van der Waals surface area contributed by atoms with Crippen LogP contribution in [-0.2, 0) is 14.8 Å². The molecule has 100 valence electrons. The van der Waals surface area contributed by atoms with Crippen LogP contribution in [0.25, 0.3) is 0 Å². The van der Waals surface area contributed by atoms with E-state index in [-0.39, 0.29) is 11.5 Å². The molecule has 2 atom stereocenters. The maximum Gasteiger partial charge on any atom is 0.240 e. The molecular formula is C12H17NO4S. The summed E-state index contributed by atoms with van der Waals surface area (Å²) in [6.45, 7) is 2.55. The van der Waals surface area contributed by atoms with Crippen LogP contribution in [0, 0.1) is 6.92 Å². The highest BCUT2D eigenvalue weighted by molar-refractivity contribution is 7.89. The number of nitrogens with one attached hydrogen (secondary N) is 1. The Morgan fingerprint density at radius 1 is 1.33 bits per heavy atom. The van der Waals surface area contributed by atoms with Gasteiger partial charge in [-0.1, -0.05) is 17.7 Å². The molecule has 0 saturated carbocycles. The Morgan fingerprint density at radius 3 is 2.61 bits per heavy atom. The maximum atomic E-state index is 12.1. The highest BCUT2D eigenvalue weighted by Gasteiger charge is 2.28. The van der Waals surface area contributed by atoms with Crippen LogP contribution in [0.2, 0.25) is 0 Å². The summed E-state index contributed by atoms with van der Waals surface area (Å²) in [4.78, 5) is 0.200. The second-order valence-electron chi connectivity index (χ2n) is 4.47. The minimum atomic E-state index is -3.60. The number of aliphatic hydroxyl groups excluding tert-OH is 1. The molecule has 0 unspecified atom stereocenters. The lowest BCUT2D eigenvalue weighted by Crippen LogP contribution is -2.49. The van der Waals surface area contributed by atoms with Gasteiger partial charge in [-0.25, -0.2) is 13.1 Å². The van der Waals surface area contributed by atoms with E-state index in [1.807, 2.05) is 6.92 Å². The van der Waals surface area contributed by atoms with Crippen molar-refractivity contribution in [3.63, 3.8) is 0 Å². The first-order valence-corrected chi connectivity index (χ1v) is 7.32. The van der Waals surface area contributed by atoms with Crippen LogP contribution in [0.3, 0.4) is 0 Å². The molecule has 0 aliphatic carbocycles. The van der Waals surface area contributed by atoms with E-state index in [0.29, 0.717) is 13.0 Å². The summed E-state index contributed by atoms with van der Waals surface area (Å²) in [5.41, 5.74) is 0.995. The number of ether oxygens (including phenoxy) is 1. The van der Waals surface area contributed by atoms with E-state index in [0.717, 1.165) is 5.56 Å². The summed E-state index contributed by atoms with van der Waals surface area (Å²) in [5, 5.41) is 9.72. The van der Waals surface area contributed by atoms with Gasteiger partial charge in [-0.3, -0.25) is 0 Å². The average molecular weight is 271 g/mol. The Balaban J connectivity index is 2.13. The van der Waals surface area contributed by atoms with E-state index >= 15 is 0 Å². The molecule has 0 radical (unpaired) electrons. The number of sulfonamides is 1. The van der Waals surface area contributed by atoms with Crippen molar-refractivity contribution < 1.29 is 18.3 Å². The van der Waals surface area contributed by atoms with Crippen LogP contribution in [-0.4, -0.2) is 38.9 Å². The van der Waals surface area contributed by atoms with E-state index in [4.69, 9.17) is 4.74 Å². The lowest BCUT2D eigenvalue weighted by atomic mass is 10.1. The number of hydrogen-bond acceptors (Lipinski definition) is 4. The molecule has 1 aromatic carbocycles. The van der Waals surface area contributed by atoms with Gasteiger partial charge in [-0.2, -0.15) is 0 Å². The van der Waals surface area contributed by atoms with Gasteiger partial charge in [0.1, 0.15) is 0 Å². The molecule has 1 saturated heterocycles. The topological polar surface area (TPSA) is 75.6 Å². The average Bonchev–Trinajstić information content (AvgIpc) is 2.32. The van der Waals surface area contributed by atoms with Crippen molar-refractivity contribution >= 4 is 10.0 Å². The van der Waals surface area contributed by atoms with Gasteiger partial charge in [0, 0.05) is 6.61 Å². The fourth-order valence-corrected chi connectivity index (χ4v) is 3.08. The van der Waals surface area contributed by atoms with Crippen molar-refractivity contribution in [3.05, 3.63) is 29.8 Å². The van der Waals surface area contributed by atoms with E-state index in [9.17, 15) is 13.5 Å². The minimum absolute atomic E-state index is 0.200. The van der Waals surface area contributed by atoms with E-state index in [1.54, 1.807) is 24.3 Å². The lowest BCUT2D eigenvalue weighted by Gasteiger charge is -2.28. The first kappa shape index (κ1) is 13.5. The van der Waals surface area contributed by atoms with Crippen molar-refractivity contribution in [2.45, 2.75) is 30.4 Å². The normalized spacial score (nSPS) is 25.0. The Hall–Kier alpha value is -0.950. The quantitative estimate of drug-likeness (QED) is 0.835. The summed E-state index contributed by atoms with van der Waals surface area (Å²) >= 11 is 0. The standard InChI is InChI=1S/C12H17NO4S/c1-9-2-4-10(5-3-9)18(15,16)13-11-8-17-7-6-12(11)14/h2-5,11-14H,6-8H2,1H3/t11-,12+/m1/s1. The molecular weight excluding hydrogens is 254 g/mol. The Labute approximate surface area is 107 Å². The molecule has 2 rings (SSSR count). The molecule has 1 aliphatic heterocycles. The smallest absolute Gasteiger partial charge is 0.240 e. The molecule has 0 amide bonds. The van der Waals surface area contributed by atoms with Crippen LogP contribution in [0.1, 0.15) is 12.0 Å². The number of rotatable bonds is 3. The molecule has 1 fully saturated rings. The molecule has 1 aromatic rings. The summed E-state index contributed by atoms with van der Waals surface area (Å²) in [6.07, 6.45) is -0.250. The Morgan fingerprint density at radius 2 is 2.00 bits per heavy atom. The second kappa shape index (κ2) is 5.36. The van der Waals surface area contributed by atoms with Gasteiger partial charge in [0.05, 0.1) is 23.6 Å².